The Morgan fingerprint density at radius 3 is 2.11 bits per heavy atom. The maximum absolute atomic E-state index is 10.5. The van der Waals surface area contributed by atoms with Gasteiger partial charge < -0.3 is 15.3 Å². The molecule has 0 aromatic heterocycles. The molecule has 0 aromatic rings. The Morgan fingerprint density at radius 2 is 1.43 bits per heavy atom. The number of hydrogen-bond acceptors (Lipinski definition) is 3. The van der Waals surface area contributed by atoms with Gasteiger partial charge in [-0.05, 0) is 50.4 Å². The van der Waals surface area contributed by atoms with Crippen molar-refractivity contribution in [1.29, 1.82) is 0 Å². The van der Waals surface area contributed by atoms with E-state index in [1.54, 1.807) is 0 Å². The van der Waals surface area contributed by atoms with Crippen LogP contribution in [0.4, 0.5) is 0 Å². The van der Waals surface area contributed by atoms with Gasteiger partial charge in [-0.25, -0.2) is 0 Å². The molecule has 0 aliphatic heterocycles. The molecule has 1 fully saturated rings. The lowest BCUT2D eigenvalue weighted by molar-refractivity contribution is -0.137. The minimum Gasteiger partial charge on any atom is -0.481 e. The second kappa shape index (κ2) is 16.0. The molecule has 0 aromatic carbocycles. The minimum absolute atomic E-state index is 0.183. The Hall–Kier alpha value is -0.870. The van der Waals surface area contributed by atoms with Crippen molar-refractivity contribution >= 4 is 5.97 Å². The maximum Gasteiger partial charge on any atom is 0.303 e. The first-order valence-electron chi connectivity index (χ1n) is 11.8. The highest BCUT2D eigenvalue weighted by Crippen LogP contribution is 2.38. The maximum atomic E-state index is 10.5. The average Bonchev–Trinajstić information content (AvgIpc) is 2.92. The standard InChI is InChI=1S/C24H44O4/c1-2-3-4-5-6-7-10-13-16-20-21(23(26)19-22(20)25)17-14-11-8-9-12-15-18-24(27)28/h11,14,20-23,25-26H,2-10,12-13,15-19H2,1H3,(H,27,28)/b14-11+. The van der Waals surface area contributed by atoms with E-state index in [4.69, 9.17) is 5.11 Å². The lowest BCUT2D eigenvalue weighted by Crippen LogP contribution is -2.21. The lowest BCUT2D eigenvalue weighted by atomic mass is 9.86. The molecular formula is C24H44O4. The SMILES string of the molecule is CCCCCCCCCCC1C(O)CC(O)C1C/C=C/CCCCCC(=O)O. The van der Waals surface area contributed by atoms with Crippen LogP contribution in [0.1, 0.15) is 110 Å². The Morgan fingerprint density at radius 1 is 0.821 bits per heavy atom. The van der Waals surface area contributed by atoms with Gasteiger partial charge in [-0.1, -0.05) is 76.9 Å². The summed E-state index contributed by atoms with van der Waals surface area (Å²) in [6.45, 7) is 2.25. The first-order valence-corrected chi connectivity index (χ1v) is 11.8. The number of aliphatic hydroxyl groups excluding tert-OH is 2. The summed E-state index contributed by atoms with van der Waals surface area (Å²) in [5.41, 5.74) is 0. The summed E-state index contributed by atoms with van der Waals surface area (Å²) in [5.74, 6) is -0.301. The van der Waals surface area contributed by atoms with Crippen molar-refractivity contribution in [2.45, 2.75) is 122 Å². The Kier molecular flexibility index (Phi) is 14.4. The molecule has 3 N–H and O–H groups in total. The highest BCUT2D eigenvalue weighted by Gasteiger charge is 2.40. The lowest BCUT2D eigenvalue weighted by Gasteiger charge is -2.22. The summed E-state index contributed by atoms with van der Waals surface area (Å²) in [7, 11) is 0. The van der Waals surface area contributed by atoms with Gasteiger partial charge in [0, 0.05) is 6.42 Å². The molecule has 1 saturated carbocycles. The van der Waals surface area contributed by atoms with E-state index in [0.717, 1.165) is 44.9 Å². The fourth-order valence-electron chi connectivity index (χ4n) is 4.51. The second-order valence-corrected chi connectivity index (χ2v) is 8.66. The van der Waals surface area contributed by atoms with E-state index in [9.17, 15) is 15.0 Å². The van der Waals surface area contributed by atoms with Crippen LogP contribution in [0.25, 0.3) is 0 Å². The predicted octanol–water partition coefficient (Wildman–Crippen LogP) is 5.86. The normalized spacial score (nSPS) is 25.0. The van der Waals surface area contributed by atoms with Crippen LogP contribution >= 0.6 is 0 Å². The predicted molar refractivity (Wildman–Crippen MR) is 115 cm³/mol. The van der Waals surface area contributed by atoms with Crippen LogP contribution in [0.15, 0.2) is 12.2 Å². The zero-order valence-electron chi connectivity index (χ0n) is 18.0. The third kappa shape index (κ3) is 11.2. The summed E-state index contributed by atoms with van der Waals surface area (Å²) in [4.78, 5) is 10.5. The van der Waals surface area contributed by atoms with Gasteiger partial charge in [0.2, 0.25) is 0 Å². The third-order valence-electron chi connectivity index (χ3n) is 6.25. The van der Waals surface area contributed by atoms with Gasteiger partial charge in [-0.15, -0.1) is 0 Å². The molecule has 0 saturated heterocycles. The number of aliphatic hydroxyl groups is 2. The number of unbranched alkanes of at least 4 members (excludes halogenated alkanes) is 10. The summed E-state index contributed by atoms with van der Waals surface area (Å²) in [6.07, 6.45) is 20.3. The Labute approximate surface area is 172 Å². The van der Waals surface area contributed by atoms with Gasteiger partial charge in [0.15, 0.2) is 0 Å². The number of rotatable bonds is 17. The van der Waals surface area contributed by atoms with Gasteiger partial charge in [0.25, 0.3) is 0 Å². The van der Waals surface area contributed by atoms with E-state index < -0.39 is 5.97 Å². The van der Waals surface area contributed by atoms with E-state index in [0.29, 0.717) is 6.42 Å². The molecule has 4 nitrogen and oxygen atoms in total. The largest absolute Gasteiger partial charge is 0.481 e. The minimum atomic E-state index is -0.716. The van der Waals surface area contributed by atoms with Crippen LogP contribution in [0.5, 0.6) is 0 Å². The van der Waals surface area contributed by atoms with Crippen molar-refractivity contribution in [3.63, 3.8) is 0 Å². The fraction of sp³-hybridized carbons (Fsp3) is 0.875. The molecule has 0 amide bonds. The van der Waals surface area contributed by atoms with E-state index in [1.807, 2.05) is 0 Å². The van der Waals surface area contributed by atoms with Gasteiger partial charge in [-0.2, -0.15) is 0 Å². The van der Waals surface area contributed by atoms with E-state index >= 15 is 0 Å². The van der Waals surface area contributed by atoms with Gasteiger partial charge >= 0.3 is 5.97 Å². The topological polar surface area (TPSA) is 77.8 Å². The molecule has 1 aliphatic rings. The second-order valence-electron chi connectivity index (χ2n) is 8.66. The molecule has 4 heteroatoms. The fourth-order valence-corrected chi connectivity index (χ4v) is 4.51. The summed E-state index contributed by atoms with van der Waals surface area (Å²) in [6, 6.07) is 0. The van der Waals surface area contributed by atoms with Crippen LogP contribution in [0, 0.1) is 11.8 Å². The number of carbonyl (C=O) groups is 1. The van der Waals surface area contributed by atoms with Crippen molar-refractivity contribution in [3.05, 3.63) is 12.2 Å². The first-order chi connectivity index (χ1) is 13.6. The molecule has 0 spiro atoms. The van der Waals surface area contributed by atoms with Crippen molar-refractivity contribution in [2.24, 2.45) is 11.8 Å². The van der Waals surface area contributed by atoms with E-state index in [1.165, 1.54) is 44.9 Å². The van der Waals surface area contributed by atoms with Crippen LogP contribution in [-0.2, 0) is 4.79 Å². The summed E-state index contributed by atoms with van der Waals surface area (Å²) in [5, 5.41) is 29.3. The first kappa shape index (κ1) is 25.2. The molecule has 28 heavy (non-hydrogen) atoms. The van der Waals surface area contributed by atoms with Crippen LogP contribution in [-0.4, -0.2) is 33.5 Å². The zero-order valence-corrected chi connectivity index (χ0v) is 18.0. The molecule has 0 bridgehead atoms. The number of hydrogen-bond donors (Lipinski definition) is 3. The molecular weight excluding hydrogens is 352 g/mol. The summed E-state index contributed by atoms with van der Waals surface area (Å²) >= 11 is 0. The molecule has 4 atom stereocenters. The van der Waals surface area contributed by atoms with Crippen LogP contribution < -0.4 is 0 Å². The highest BCUT2D eigenvalue weighted by molar-refractivity contribution is 5.66. The number of carboxylic acid groups (broad SMARTS) is 1. The van der Waals surface area contributed by atoms with E-state index in [2.05, 4.69) is 19.1 Å². The van der Waals surface area contributed by atoms with Crippen LogP contribution in [0.2, 0.25) is 0 Å². The smallest absolute Gasteiger partial charge is 0.303 e. The Bertz CT molecular complexity index is 421. The Balaban J connectivity index is 2.18. The van der Waals surface area contributed by atoms with Gasteiger partial charge in [0.05, 0.1) is 12.2 Å². The van der Waals surface area contributed by atoms with Crippen LogP contribution in [0.3, 0.4) is 0 Å². The molecule has 164 valence electrons. The van der Waals surface area contributed by atoms with Gasteiger partial charge in [0.1, 0.15) is 0 Å². The van der Waals surface area contributed by atoms with Crippen molar-refractivity contribution in [1.82, 2.24) is 0 Å². The third-order valence-corrected chi connectivity index (χ3v) is 6.25. The highest BCUT2D eigenvalue weighted by atomic mass is 16.4. The number of allylic oxidation sites excluding steroid dienone is 2. The summed E-state index contributed by atoms with van der Waals surface area (Å²) < 4.78 is 0. The molecule has 1 aliphatic carbocycles. The van der Waals surface area contributed by atoms with Crippen molar-refractivity contribution in [2.75, 3.05) is 0 Å². The number of carboxylic acids is 1. The molecule has 1 rings (SSSR count). The zero-order chi connectivity index (χ0) is 20.6. The van der Waals surface area contributed by atoms with Crippen molar-refractivity contribution < 1.29 is 20.1 Å². The quantitative estimate of drug-likeness (QED) is 0.213. The molecule has 4 unspecified atom stereocenters. The molecule has 0 heterocycles. The van der Waals surface area contributed by atoms with E-state index in [-0.39, 0.29) is 30.5 Å². The molecule has 0 radical (unpaired) electrons. The van der Waals surface area contributed by atoms with Gasteiger partial charge in [-0.3, -0.25) is 4.79 Å². The number of aliphatic carboxylic acids is 1. The monoisotopic (exact) mass is 396 g/mol. The average molecular weight is 397 g/mol. The van der Waals surface area contributed by atoms with Crippen molar-refractivity contribution in [3.8, 4) is 0 Å².